The van der Waals surface area contributed by atoms with E-state index in [0.29, 0.717) is 5.02 Å². The fourth-order valence-electron chi connectivity index (χ4n) is 0.547. The Morgan fingerprint density at radius 2 is 2.20 bits per heavy atom. The van der Waals surface area contributed by atoms with Crippen LogP contribution in [-0.4, -0.2) is 0 Å². The molecule has 0 aliphatic rings. The number of hydrogen-bond donors (Lipinski definition) is 0. The Labute approximate surface area is 77.1 Å². The smallest absolute Gasteiger partial charge is 0.131 e. The van der Waals surface area contributed by atoms with Crippen molar-refractivity contribution in [3.63, 3.8) is 0 Å². The summed E-state index contributed by atoms with van der Waals surface area (Å²) in [6, 6.07) is 5.11. The van der Waals surface area contributed by atoms with E-state index >= 15 is 0 Å². The predicted molar refractivity (Wildman–Crippen MR) is 35.0 cm³/mol. The molecule has 0 aromatic heterocycles. The molecular weight excluding hydrogens is 204 g/mol. The molecule has 0 aliphatic carbocycles. The Morgan fingerprint density at radius 1 is 1.60 bits per heavy atom. The molecule has 1 aromatic carbocycles. The largest absolute Gasteiger partial charge is 0.206 e. The van der Waals surface area contributed by atoms with Gasteiger partial charge >= 0.3 is 0 Å². The summed E-state index contributed by atoms with van der Waals surface area (Å²) in [6.07, 6.45) is 0. The average molecular weight is 209 g/mol. The van der Waals surface area contributed by atoms with Crippen LogP contribution in [0.15, 0.2) is 12.1 Å². The summed E-state index contributed by atoms with van der Waals surface area (Å²) in [6.45, 7) is 1.75. The maximum absolute atomic E-state index is 12.2. The Bertz CT molecular complexity index is 225. The topological polar surface area (TPSA) is 0 Å². The van der Waals surface area contributed by atoms with Crippen LogP contribution in [0, 0.1) is 18.8 Å². The summed E-state index contributed by atoms with van der Waals surface area (Å²) in [5.41, 5.74) is 0.743. The fourth-order valence-corrected chi connectivity index (χ4v) is 0.656. The van der Waals surface area contributed by atoms with Gasteiger partial charge in [0.15, 0.2) is 0 Å². The molecule has 0 heterocycles. The average Bonchev–Trinajstić information content (AvgIpc) is 1.80. The van der Waals surface area contributed by atoms with E-state index in [4.69, 9.17) is 11.6 Å². The second kappa shape index (κ2) is 4.05. The molecule has 10 heavy (non-hydrogen) atoms. The molecule has 0 bridgehead atoms. The van der Waals surface area contributed by atoms with Crippen LogP contribution >= 0.6 is 11.6 Å². The van der Waals surface area contributed by atoms with Crippen LogP contribution in [0.2, 0.25) is 5.02 Å². The van der Waals surface area contributed by atoms with Crippen molar-refractivity contribution >= 4 is 11.6 Å². The standard InChI is InChI=1S/C7H5ClF.Zn/c1-5-4-6(9)2-3-7(5)8;/h3-4H,1H3;. The molecule has 0 N–H and O–H groups in total. The first-order valence-electron chi connectivity index (χ1n) is 2.53. The van der Waals surface area contributed by atoms with Gasteiger partial charge in [-0.25, -0.2) is 4.39 Å². The van der Waals surface area contributed by atoms with Crippen molar-refractivity contribution in [2.75, 3.05) is 0 Å². The Hall–Kier alpha value is 0.0634. The second-order valence-corrected chi connectivity index (χ2v) is 2.22. The first-order valence-corrected chi connectivity index (χ1v) is 2.91. The van der Waals surface area contributed by atoms with Gasteiger partial charge in [0.2, 0.25) is 0 Å². The van der Waals surface area contributed by atoms with Crippen molar-refractivity contribution < 1.29 is 23.9 Å². The van der Waals surface area contributed by atoms with Crippen LogP contribution in [0.5, 0.6) is 0 Å². The van der Waals surface area contributed by atoms with Crippen molar-refractivity contribution in [1.82, 2.24) is 0 Å². The molecule has 3 heteroatoms. The third kappa shape index (κ3) is 2.36. The van der Waals surface area contributed by atoms with Gasteiger partial charge in [-0.2, -0.15) is 0 Å². The van der Waals surface area contributed by atoms with Gasteiger partial charge in [0.1, 0.15) is 5.82 Å². The zero-order valence-electron chi connectivity index (χ0n) is 5.62. The van der Waals surface area contributed by atoms with Gasteiger partial charge < -0.3 is 0 Å². The summed E-state index contributed by atoms with van der Waals surface area (Å²) in [5.74, 6) is -0.364. The summed E-state index contributed by atoms with van der Waals surface area (Å²) in [7, 11) is 0. The minimum atomic E-state index is -0.364. The molecular formula is C7H5ClFZn. The van der Waals surface area contributed by atoms with E-state index in [1.165, 1.54) is 12.1 Å². The third-order valence-corrected chi connectivity index (χ3v) is 1.46. The molecule has 0 atom stereocenters. The molecule has 0 unspecified atom stereocenters. The molecule has 0 aliphatic heterocycles. The van der Waals surface area contributed by atoms with E-state index in [2.05, 4.69) is 6.07 Å². The van der Waals surface area contributed by atoms with Crippen molar-refractivity contribution in [2.24, 2.45) is 0 Å². The minimum absolute atomic E-state index is 0. The van der Waals surface area contributed by atoms with Gasteiger partial charge in [-0.15, -0.1) is 0 Å². The molecule has 0 spiro atoms. The van der Waals surface area contributed by atoms with Crippen LogP contribution in [0.25, 0.3) is 0 Å². The monoisotopic (exact) mass is 207 g/mol. The molecule has 0 fully saturated rings. The number of rotatable bonds is 0. The van der Waals surface area contributed by atoms with Crippen molar-refractivity contribution in [1.29, 1.82) is 0 Å². The second-order valence-electron chi connectivity index (χ2n) is 1.81. The van der Waals surface area contributed by atoms with E-state index in [0.717, 1.165) is 5.56 Å². The SMILES string of the molecule is Cc1cc(F)[c]cc1Cl.[Zn]. The Kier molecular flexibility index (Phi) is 4.08. The van der Waals surface area contributed by atoms with Crippen molar-refractivity contribution in [2.45, 2.75) is 6.92 Å². The van der Waals surface area contributed by atoms with Gasteiger partial charge in [0, 0.05) is 30.6 Å². The van der Waals surface area contributed by atoms with E-state index < -0.39 is 0 Å². The molecule has 1 radical (unpaired) electrons. The number of hydrogen-bond acceptors (Lipinski definition) is 0. The van der Waals surface area contributed by atoms with Crippen LogP contribution in [0.4, 0.5) is 4.39 Å². The third-order valence-electron chi connectivity index (χ3n) is 1.06. The van der Waals surface area contributed by atoms with E-state index in [1.807, 2.05) is 0 Å². The molecule has 1 rings (SSSR count). The summed E-state index contributed by atoms with van der Waals surface area (Å²) in [4.78, 5) is 0. The quantitative estimate of drug-likeness (QED) is 0.576. The molecule has 0 nitrogen and oxygen atoms in total. The molecule has 0 saturated heterocycles. The maximum Gasteiger partial charge on any atom is 0.131 e. The predicted octanol–water partition coefficient (Wildman–Crippen LogP) is 2.59. The van der Waals surface area contributed by atoms with E-state index in [-0.39, 0.29) is 25.3 Å². The van der Waals surface area contributed by atoms with E-state index in [9.17, 15) is 4.39 Å². The van der Waals surface area contributed by atoms with Gasteiger partial charge in [0.25, 0.3) is 0 Å². The molecule has 1 aromatic rings. The maximum atomic E-state index is 12.2. The fraction of sp³-hybridized carbons (Fsp3) is 0.143. The first kappa shape index (κ1) is 10.1. The zero-order valence-corrected chi connectivity index (χ0v) is 9.34. The van der Waals surface area contributed by atoms with E-state index in [1.54, 1.807) is 6.92 Å². The van der Waals surface area contributed by atoms with Gasteiger partial charge in [-0.1, -0.05) is 11.6 Å². The normalized spacial score (nSPS) is 8.70. The Balaban J connectivity index is 0.000000810. The van der Waals surface area contributed by atoms with Crippen LogP contribution in [-0.2, 0) is 19.5 Å². The van der Waals surface area contributed by atoms with Crippen LogP contribution in [0.1, 0.15) is 5.56 Å². The van der Waals surface area contributed by atoms with Crippen molar-refractivity contribution in [3.8, 4) is 0 Å². The summed E-state index contributed by atoms with van der Waals surface area (Å²) >= 11 is 5.58. The summed E-state index contributed by atoms with van der Waals surface area (Å²) < 4.78 is 12.2. The number of halogens is 2. The van der Waals surface area contributed by atoms with Gasteiger partial charge in [-0.3, -0.25) is 0 Å². The first-order chi connectivity index (χ1) is 4.20. The number of benzene rings is 1. The summed E-state index contributed by atoms with van der Waals surface area (Å²) in [5, 5.41) is 0.552. The molecule has 0 amide bonds. The Morgan fingerprint density at radius 3 is 2.60 bits per heavy atom. The zero-order chi connectivity index (χ0) is 6.85. The molecule has 49 valence electrons. The molecule has 0 saturated carbocycles. The van der Waals surface area contributed by atoms with Crippen molar-refractivity contribution in [3.05, 3.63) is 34.6 Å². The van der Waals surface area contributed by atoms with Gasteiger partial charge in [0.05, 0.1) is 0 Å². The number of aryl methyl sites for hydroxylation is 1. The minimum Gasteiger partial charge on any atom is -0.206 e. The van der Waals surface area contributed by atoms with Crippen LogP contribution < -0.4 is 0 Å². The van der Waals surface area contributed by atoms with Crippen LogP contribution in [0.3, 0.4) is 0 Å². The van der Waals surface area contributed by atoms with Gasteiger partial charge in [-0.05, 0) is 24.6 Å².